The molecule has 15 heavy (non-hydrogen) atoms. The van der Waals surface area contributed by atoms with Gasteiger partial charge >= 0.3 is 0 Å². The van der Waals surface area contributed by atoms with Crippen molar-refractivity contribution in [2.24, 2.45) is 10.8 Å². The van der Waals surface area contributed by atoms with E-state index in [2.05, 4.69) is 39.5 Å². The maximum Gasteiger partial charge on any atom is 0.0710 e. The zero-order chi connectivity index (χ0) is 11.7. The van der Waals surface area contributed by atoms with Crippen molar-refractivity contribution < 1.29 is 4.74 Å². The zero-order valence-electron chi connectivity index (χ0n) is 11.3. The quantitative estimate of drug-likeness (QED) is 0.715. The van der Waals surface area contributed by atoms with Gasteiger partial charge in [0.15, 0.2) is 0 Å². The first-order valence-electron chi connectivity index (χ1n) is 6.01. The van der Waals surface area contributed by atoms with E-state index in [1.54, 1.807) is 0 Å². The predicted octanol–water partition coefficient (Wildman–Crippen LogP) is 2.78. The monoisotopic (exact) mass is 213 g/mol. The van der Waals surface area contributed by atoms with Gasteiger partial charge in [-0.15, -0.1) is 0 Å². The highest BCUT2D eigenvalue weighted by Crippen LogP contribution is 2.39. The standard InChI is InChI=1S/C13H27NO/c1-12(2,3)13(4,5)10-14-8-7-11(9-14)15-6/h11H,7-10H2,1-6H3. The first-order valence-corrected chi connectivity index (χ1v) is 6.01. The Hall–Kier alpha value is -0.0800. The van der Waals surface area contributed by atoms with Crippen molar-refractivity contribution in [2.45, 2.75) is 47.1 Å². The Balaban J connectivity index is 2.49. The van der Waals surface area contributed by atoms with Crippen molar-refractivity contribution in [1.29, 1.82) is 0 Å². The van der Waals surface area contributed by atoms with E-state index in [1.807, 2.05) is 7.11 Å². The minimum absolute atomic E-state index is 0.357. The molecule has 0 N–H and O–H groups in total. The van der Waals surface area contributed by atoms with Crippen molar-refractivity contribution in [1.82, 2.24) is 4.90 Å². The van der Waals surface area contributed by atoms with Gasteiger partial charge in [0.25, 0.3) is 0 Å². The minimum Gasteiger partial charge on any atom is -0.380 e. The molecule has 1 atom stereocenters. The predicted molar refractivity (Wildman–Crippen MR) is 65.1 cm³/mol. The van der Waals surface area contributed by atoms with Crippen LogP contribution in [0.15, 0.2) is 0 Å². The van der Waals surface area contributed by atoms with E-state index in [0.717, 1.165) is 6.54 Å². The number of ether oxygens (including phenoxy) is 1. The van der Waals surface area contributed by atoms with E-state index in [9.17, 15) is 0 Å². The number of hydrogen-bond donors (Lipinski definition) is 0. The first-order chi connectivity index (χ1) is 6.76. The summed E-state index contributed by atoms with van der Waals surface area (Å²) in [5.74, 6) is 0. The summed E-state index contributed by atoms with van der Waals surface area (Å²) >= 11 is 0. The largest absolute Gasteiger partial charge is 0.380 e. The van der Waals surface area contributed by atoms with Crippen molar-refractivity contribution in [3.8, 4) is 0 Å². The fourth-order valence-corrected chi connectivity index (χ4v) is 1.93. The third-order valence-electron chi connectivity index (χ3n) is 4.21. The second-order valence-corrected chi connectivity index (χ2v) is 6.52. The van der Waals surface area contributed by atoms with Crippen molar-refractivity contribution >= 4 is 0 Å². The number of hydrogen-bond acceptors (Lipinski definition) is 2. The fourth-order valence-electron chi connectivity index (χ4n) is 1.93. The Bertz CT molecular complexity index is 205. The highest BCUT2D eigenvalue weighted by atomic mass is 16.5. The topological polar surface area (TPSA) is 12.5 Å². The molecule has 1 rings (SSSR count). The number of methoxy groups -OCH3 is 1. The number of rotatable bonds is 3. The average molecular weight is 213 g/mol. The molecule has 2 heteroatoms. The van der Waals surface area contributed by atoms with Crippen LogP contribution in [0.4, 0.5) is 0 Å². The maximum atomic E-state index is 5.40. The van der Waals surface area contributed by atoms with E-state index in [0.29, 0.717) is 16.9 Å². The highest BCUT2D eigenvalue weighted by molar-refractivity contribution is 4.88. The summed E-state index contributed by atoms with van der Waals surface area (Å²) in [5, 5.41) is 0. The summed E-state index contributed by atoms with van der Waals surface area (Å²) in [6.45, 7) is 15.2. The van der Waals surface area contributed by atoms with Crippen LogP contribution in [0.5, 0.6) is 0 Å². The van der Waals surface area contributed by atoms with Crippen LogP contribution in [-0.4, -0.2) is 37.7 Å². The first kappa shape index (κ1) is 13.0. The molecular formula is C13H27NO. The summed E-state index contributed by atoms with van der Waals surface area (Å²) < 4.78 is 5.40. The lowest BCUT2D eigenvalue weighted by Gasteiger charge is -2.41. The molecule has 0 amide bonds. The van der Waals surface area contributed by atoms with Gasteiger partial charge < -0.3 is 9.64 Å². The molecule has 0 spiro atoms. The van der Waals surface area contributed by atoms with Crippen LogP contribution in [0.2, 0.25) is 0 Å². The summed E-state index contributed by atoms with van der Waals surface area (Å²) in [6, 6.07) is 0. The number of nitrogens with zero attached hydrogens (tertiary/aromatic N) is 1. The molecule has 1 aliphatic heterocycles. The van der Waals surface area contributed by atoms with Crippen LogP contribution < -0.4 is 0 Å². The molecule has 0 aromatic carbocycles. The lowest BCUT2D eigenvalue weighted by molar-refractivity contribution is 0.0644. The van der Waals surface area contributed by atoms with E-state index in [4.69, 9.17) is 4.74 Å². The van der Waals surface area contributed by atoms with Gasteiger partial charge in [-0.05, 0) is 17.3 Å². The zero-order valence-corrected chi connectivity index (χ0v) is 11.3. The van der Waals surface area contributed by atoms with Gasteiger partial charge in [0, 0.05) is 26.7 Å². The highest BCUT2D eigenvalue weighted by Gasteiger charge is 2.36. The van der Waals surface area contributed by atoms with Crippen molar-refractivity contribution in [3.05, 3.63) is 0 Å². The molecule has 90 valence electrons. The van der Waals surface area contributed by atoms with Crippen molar-refractivity contribution in [3.63, 3.8) is 0 Å². The smallest absolute Gasteiger partial charge is 0.0710 e. The average Bonchev–Trinajstić information content (AvgIpc) is 2.49. The van der Waals surface area contributed by atoms with Crippen molar-refractivity contribution in [2.75, 3.05) is 26.7 Å². The SMILES string of the molecule is COC1CCN(CC(C)(C)C(C)(C)C)C1. The van der Waals surface area contributed by atoms with E-state index < -0.39 is 0 Å². The summed E-state index contributed by atoms with van der Waals surface area (Å²) in [6.07, 6.45) is 1.65. The van der Waals surface area contributed by atoms with Crippen LogP contribution in [0, 0.1) is 10.8 Å². The van der Waals surface area contributed by atoms with E-state index in [-0.39, 0.29) is 0 Å². The Labute approximate surface area is 95.0 Å². The second kappa shape index (κ2) is 4.42. The Morgan fingerprint density at radius 1 is 1.20 bits per heavy atom. The molecule has 0 aromatic rings. The van der Waals surface area contributed by atoms with Gasteiger partial charge in [-0.2, -0.15) is 0 Å². The molecule has 1 fully saturated rings. The molecule has 1 saturated heterocycles. The summed E-state index contributed by atoms with van der Waals surface area (Å²) in [5.41, 5.74) is 0.716. The molecule has 1 heterocycles. The summed E-state index contributed by atoms with van der Waals surface area (Å²) in [4.78, 5) is 2.54. The van der Waals surface area contributed by atoms with Gasteiger partial charge in [0.05, 0.1) is 6.10 Å². The molecule has 0 aliphatic carbocycles. The van der Waals surface area contributed by atoms with E-state index in [1.165, 1.54) is 19.5 Å². The van der Waals surface area contributed by atoms with Crippen LogP contribution in [-0.2, 0) is 4.74 Å². The number of likely N-dealkylation sites (tertiary alicyclic amines) is 1. The summed E-state index contributed by atoms with van der Waals surface area (Å²) in [7, 11) is 1.82. The Morgan fingerprint density at radius 3 is 2.20 bits per heavy atom. The Kier molecular flexibility index (Phi) is 3.83. The lowest BCUT2D eigenvalue weighted by Crippen LogP contribution is -2.41. The molecule has 1 aliphatic rings. The van der Waals surface area contributed by atoms with Gasteiger partial charge in [-0.3, -0.25) is 0 Å². The van der Waals surface area contributed by atoms with Crippen LogP contribution >= 0.6 is 0 Å². The molecule has 2 nitrogen and oxygen atoms in total. The fraction of sp³-hybridized carbons (Fsp3) is 1.00. The third kappa shape index (κ3) is 3.18. The molecule has 1 unspecified atom stereocenters. The minimum atomic E-state index is 0.357. The van der Waals surface area contributed by atoms with E-state index >= 15 is 0 Å². The third-order valence-corrected chi connectivity index (χ3v) is 4.21. The van der Waals surface area contributed by atoms with Crippen LogP contribution in [0.25, 0.3) is 0 Å². The second-order valence-electron chi connectivity index (χ2n) is 6.52. The Morgan fingerprint density at radius 2 is 1.80 bits per heavy atom. The molecular weight excluding hydrogens is 186 g/mol. The molecule has 0 bridgehead atoms. The van der Waals surface area contributed by atoms with Crippen LogP contribution in [0.3, 0.4) is 0 Å². The van der Waals surface area contributed by atoms with Gasteiger partial charge in [0.2, 0.25) is 0 Å². The van der Waals surface area contributed by atoms with Gasteiger partial charge in [-0.25, -0.2) is 0 Å². The molecule has 0 aromatic heterocycles. The van der Waals surface area contributed by atoms with Gasteiger partial charge in [0.1, 0.15) is 0 Å². The maximum absolute atomic E-state index is 5.40. The normalized spacial score (nSPS) is 24.8. The molecule has 0 radical (unpaired) electrons. The van der Waals surface area contributed by atoms with Gasteiger partial charge in [-0.1, -0.05) is 34.6 Å². The lowest BCUT2D eigenvalue weighted by atomic mass is 9.69. The molecule has 0 saturated carbocycles. The van der Waals surface area contributed by atoms with Crippen LogP contribution in [0.1, 0.15) is 41.0 Å².